The monoisotopic (exact) mass is 365 g/mol. The fourth-order valence-electron chi connectivity index (χ4n) is 2.48. The van der Waals surface area contributed by atoms with E-state index < -0.39 is 0 Å². The molecule has 0 saturated heterocycles. The van der Waals surface area contributed by atoms with Crippen LogP contribution in [0.3, 0.4) is 0 Å². The van der Waals surface area contributed by atoms with Crippen LogP contribution in [0.4, 0.5) is 0 Å². The molecule has 0 amide bonds. The number of ether oxygens (including phenoxy) is 1. The molecule has 2 aromatic rings. The van der Waals surface area contributed by atoms with Crippen LogP contribution in [0.15, 0.2) is 67.3 Å². The van der Waals surface area contributed by atoms with E-state index in [9.17, 15) is 0 Å². The predicted octanol–water partition coefficient (Wildman–Crippen LogP) is 4.96. The van der Waals surface area contributed by atoms with Gasteiger partial charge in [-0.2, -0.15) is 0 Å². The maximum Gasteiger partial charge on any atom is 0.122 e. The number of nitrogens with zero attached hydrogens (tertiary/aromatic N) is 1. The van der Waals surface area contributed by atoms with Crippen LogP contribution in [-0.2, 0) is 13.0 Å². The van der Waals surface area contributed by atoms with Gasteiger partial charge in [-0.05, 0) is 23.6 Å². The van der Waals surface area contributed by atoms with Crippen LogP contribution < -0.4 is 4.74 Å². The van der Waals surface area contributed by atoms with Crippen molar-refractivity contribution in [3.63, 3.8) is 0 Å². The molecule has 24 heavy (non-hydrogen) atoms. The average molecular weight is 366 g/mol. The molecule has 0 aliphatic rings. The Hall–Kier alpha value is -1.48. The molecule has 0 unspecified atom stereocenters. The first-order chi connectivity index (χ1) is 11.3. The summed E-state index contributed by atoms with van der Waals surface area (Å²) in [6.07, 6.45) is 2.73. The molecule has 0 aliphatic heterocycles. The van der Waals surface area contributed by atoms with Crippen molar-refractivity contribution in [3.8, 4) is 5.75 Å². The van der Waals surface area contributed by atoms with Gasteiger partial charge in [0.05, 0.1) is 0 Å². The van der Waals surface area contributed by atoms with Crippen molar-refractivity contribution in [2.24, 2.45) is 0 Å². The van der Waals surface area contributed by atoms with E-state index in [1.165, 1.54) is 11.1 Å². The minimum absolute atomic E-state index is 0. The maximum absolute atomic E-state index is 5.97. The minimum Gasteiger partial charge on any atom is -0.492 e. The molecule has 0 fully saturated rings. The zero-order valence-corrected chi connectivity index (χ0v) is 15.4. The normalized spacial score (nSPS) is 10.2. The van der Waals surface area contributed by atoms with E-state index in [2.05, 4.69) is 41.8 Å². The second-order valence-corrected chi connectivity index (χ2v) is 5.78. The fourth-order valence-corrected chi connectivity index (χ4v) is 2.72. The number of benzene rings is 2. The quantitative estimate of drug-likeness (QED) is 0.435. The van der Waals surface area contributed by atoms with E-state index in [1.807, 2.05) is 30.3 Å². The van der Waals surface area contributed by atoms with Crippen molar-refractivity contribution < 1.29 is 4.74 Å². The summed E-state index contributed by atoms with van der Waals surface area (Å²) in [6, 6.07) is 18.6. The fraction of sp³-hybridized carbons (Fsp3) is 0.300. The first kappa shape index (κ1) is 20.6. The average Bonchev–Trinajstić information content (AvgIpc) is 2.58. The summed E-state index contributed by atoms with van der Waals surface area (Å²) in [6.45, 7) is 7.05. The summed E-state index contributed by atoms with van der Waals surface area (Å²) in [7, 11) is 0. The van der Waals surface area contributed by atoms with Crippen molar-refractivity contribution in [1.29, 1.82) is 0 Å². The van der Waals surface area contributed by atoms with E-state index in [-0.39, 0.29) is 12.4 Å². The van der Waals surface area contributed by atoms with Gasteiger partial charge in [0.2, 0.25) is 0 Å². The molecule has 0 heterocycles. The van der Waals surface area contributed by atoms with Gasteiger partial charge >= 0.3 is 0 Å². The molecule has 0 spiro atoms. The molecule has 0 aromatic heterocycles. The first-order valence-corrected chi connectivity index (χ1v) is 8.50. The highest BCUT2D eigenvalue weighted by atomic mass is 35.5. The third-order valence-electron chi connectivity index (χ3n) is 3.65. The Balaban J connectivity index is 0.00000288. The third-order valence-corrected chi connectivity index (χ3v) is 3.82. The molecule has 0 radical (unpaired) electrons. The second kappa shape index (κ2) is 12.0. The molecule has 4 heteroatoms. The zero-order chi connectivity index (χ0) is 16.3. The van der Waals surface area contributed by atoms with E-state index in [1.54, 1.807) is 0 Å². The van der Waals surface area contributed by atoms with Crippen molar-refractivity contribution >= 4 is 24.0 Å². The van der Waals surface area contributed by atoms with E-state index in [4.69, 9.17) is 16.3 Å². The standard InChI is InChI=1S/C20H24ClNO.ClH/c1-2-8-19-11-6-7-12-20(19)23-16-15-22(14-13-21)17-18-9-4-3-5-10-18;/h2-7,9-12H,1,8,13-17H2;1H. The van der Waals surface area contributed by atoms with Crippen molar-refractivity contribution in [3.05, 3.63) is 78.4 Å². The number of hydrogen-bond donors (Lipinski definition) is 0. The topological polar surface area (TPSA) is 12.5 Å². The molecule has 0 N–H and O–H groups in total. The summed E-state index contributed by atoms with van der Waals surface area (Å²) >= 11 is 5.93. The Morgan fingerprint density at radius 1 is 1.00 bits per heavy atom. The zero-order valence-electron chi connectivity index (χ0n) is 13.9. The Morgan fingerprint density at radius 3 is 2.42 bits per heavy atom. The molecule has 2 nitrogen and oxygen atoms in total. The van der Waals surface area contributed by atoms with Gasteiger partial charge in [-0.1, -0.05) is 54.6 Å². The van der Waals surface area contributed by atoms with Gasteiger partial charge in [-0.15, -0.1) is 30.6 Å². The summed E-state index contributed by atoms with van der Waals surface area (Å²) in [5.74, 6) is 1.57. The number of hydrogen-bond acceptors (Lipinski definition) is 2. The lowest BCUT2D eigenvalue weighted by atomic mass is 10.1. The smallest absolute Gasteiger partial charge is 0.122 e. The number of halogens is 2. The van der Waals surface area contributed by atoms with E-state index in [0.717, 1.165) is 31.8 Å². The van der Waals surface area contributed by atoms with Crippen molar-refractivity contribution in [2.45, 2.75) is 13.0 Å². The molecular weight excluding hydrogens is 341 g/mol. The number of para-hydroxylation sites is 1. The van der Waals surface area contributed by atoms with Crippen LogP contribution in [0.2, 0.25) is 0 Å². The van der Waals surface area contributed by atoms with Crippen LogP contribution >= 0.6 is 24.0 Å². The molecule has 0 aliphatic carbocycles. The number of alkyl halides is 1. The van der Waals surface area contributed by atoms with Crippen LogP contribution in [0.1, 0.15) is 11.1 Å². The van der Waals surface area contributed by atoms with Gasteiger partial charge in [0.15, 0.2) is 0 Å². The SMILES string of the molecule is C=CCc1ccccc1OCCN(CCCl)Cc1ccccc1.Cl. The van der Waals surface area contributed by atoms with Crippen LogP contribution in [-0.4, -0.2) is 30.5 Å². The van der Waals surface area contributed by atoms with Gasteiger partial charge in [0.1, 0.15) is 12.4 Å². The van der Waals surface area contributed by atoms with Gasteiger partial charge in [-0.25, -0.2) is 0 Å². The molecule has 0 atom stereocenters. The Morgan fingerprint density at radius 2 is 1.71 bits per heavy atom. The van der Waals surface area contributed by atoms with E-state index >= 15 is 0 Å². The summed E-state index contributed by atoms with van der Waals surface area (Å²) in [5.41, 5.74) is 2.47. The highest BCUT2D eigenvalue weighted by Gasteiger charge is 2.07. The second-order valence-electron chi connectivity index (χ2n) is 5.40. The maximum atomic E-state index is 5.97. The van der Waals surface area contributed by atoms with Gasteiger partial charge < -0.3 is 4.74 Å². The molecule has 2 aromatic carbocycles. The first-order valence-electron chi connectivity index (χ1n) is 7.97. The Labute approximate surface area is 156 Å². The lowest BCUT2D eigenvalue weighted by molar-refractivity contribution is 0.210. The summed E-state index contributed by atoms with van der Waals surface area (Å²) in [4.78, 5) is 2.32. The molecular formula is C20H25Cl2NO. The van der Waals surface area contributed by atoms with Crippen molar-refractivity contribution in [1.82, 2.24) is 4.90 Å². The Kier molecular flexibility index (Phi) is 10.3. The van der Waals surface area contributed by atoms with Crippen LogP contribution in [0.5, 0.6) is 5.75 Å². The van der Waals surface area contributed by atoms with Gasteiger partial charge in [0, 0.05) is 25.5 Å². The lowest BCUT2D eigenvalue weighted by Crippen LogP contribution is -2.30. The third kappa shape index (κ3) is 6.96. The number of rotatable bonds is 10. The summed E-state index contributed by atoms with van der Waals surface area (Å²) < 4.78 is 5.97. The van der Waals surface area contributed by atoms with Crippen molar-refractivity contribution in [2.75, 3.05) is 25.6 Å². The summed E-state index contributed by atoms with van der Waals surface area (Å²) in [5, 5.41) is 0. The lowest BCUT2D eigenvalue weighted by Gasteiger charge is -2.22. The van der Waals surface area contributed by atoms with Gasteiger partial charge in [-0.3, -0.25) is 4.90 Å². The predicted molar refractivity (Wildman–Crippen MR) is 106 cm³/mol. The Bertz CT molecular complexity index is 589. The number of allylic oxidation sites excluding steroid dienone is 1. The van der Waals surface area contributed by atoms with Gasteiger partial charge in [0.25, 0.3) is 0 Å². The molecule has 130 valence electrons. The molecule has 0 bridgehead atoms. The minimum atomic E-state index is 0. The highest BCUT2D eigenvalue weighted by Crippen LogP contribution is 2.18. The van der Waals surface area contributed by atoms with Crippen LogP contribution in [0.25, 0.3) is 0 Å². The molecule has 2 rings (SSSR count). The van der Waals surface area contributed by atoms with E-state index in [0.29, 0.717) is 12.5 Å². The highest BCUT2D eigenvalue weighted by molar-refractivity contribution is 6.18. The largest absolute Gasteiger partial charge is 0.492 e. The van der Waals surface area contributed by atoms with Crippen LogP contribution in [0, 0.1) is 0 Å². The molecule has 0 saturated carbocycles.